The second kappa shape index (κ2) is 12.1. The van der Waals surface area contributed by atoms with Gasteiger partial charge in [-0.05, 0) is 85.6 Å². The zero-order valence-electron chi connectivity index (χ0n) is 27.5. The monoisotopic (exact) mass is 574 g/mol. The molecule has 3 aliphatic rings. The quantitative estimate of drug-likeness (QED) is 0.178. The molecule has 3 saturated carbocycles. The number of hydrogen-bond donors (Lipinski definition) is 1. The molecule has 0 aromatic carbocycles. The van der Waals surface area contributed by atoms with Crippen LogP contribution < -0.4 is 0 Å². The topological polar surface area (TPSA) is 38.7 Å². The highest BCUT2D eigenvalue weighted by molar-refractivity contribution is 6.74. The zero-order valence-corrected chi connectivity index (χ0v) is 29.5. The molecule has 0 bridgehead atoms. The van der Waals surface area contributed by atoms with Gasteiger partial charge in [0.25, 0.3) is 0 Å². The van der Waals surface area contributed by atoms with E-state index in [1.54, 1.807) is 0 Å². The van der Waals surface area contributed by atoms with Gasteiger partial charge in [0.15, 0.2) is 16.6 Å². The average Bonchev–Trinajstić information content (AvgIpc) is 2.81. The molecule has 3 aliphatic carbocycles. The fourth-order valence-corrected chi connectivity index (χ4v) is 9.71. The molecular weight excluding hydrogens is 513 g/mol. The Labute approximate surface area is 244 Å². The maximum absolute atomic E-state index is 11.6. The van der Waals surface area contributed by atoms with Crippen molar-refractivity contribution in [3.8, 4) is 11.8 Å². The predicted molar refractivity (Wildman–Crippen MR) is 172 cm³/mol. The van der Waals surface area contributed by atoms with Crippen LogP contribution in [-0.4, -0.2) is 39.6 Å². The van der Waals surface area contributed by atoms with E-state index in [0.29, 0.717) is 5.92 Å². The van der Waals surface area contributed by atoms with Crippen LogP contribution in [0.1, 0.15) is 106 Å². The predicted octanol–water partition coefficient (Wildman–Crippen LogP) is 9.34. The second-order valence-electron chi connectivity index (χ2n) is 16.2. The van der Waals surface area contributed by atoms with Crippen LogP contribution in [0.25, 0.3) is 0 Å². The molecule has 0 aliphatic heterocycles. The Morgan fingerprint density at radius 1 is 0.949 bits per heavy atom. The van der Waals surface area contributed by atoms with E-state index in [9.17, 15) is 5.11 Å². The molecule has 7 atom stereocenters. The van der Waals surface area contributed by atoms with E-state index in [2.05, 4.69) is 93.1 Å². The van der Waals surface area contributed by atoms with Gasteiger partial charge in [0.05, 0.1) is 11.7 Å². The Hall–Kier alpha value is -0.386. The van der Waals surface area contributed by atoms with Crippen molar-refractivity contribution in [1.82, 2.24) is 0 Å². The summed E-state index contributed by atoms with van der Waals surface area (Å²) in [5.41, 5.74) is -0.763. The van der Waals surface area contributed by atoms with Gasteiger partial charge in [-0.3, -0.25) is 0 Å². The van der Waals surface area contributed by atoms with Crippen molar-refractivity contribution in [3.05, 3.63) is 12.7 Å². The van der Waals surface area contributed by atoms with E-state index in [1.165, 1.54) is 32.1 Å². The van der Waals surface area contributed by atoms with E-state index >= 15 is 0 Å². The minimum absolute atomic E-state index is 0.0127. The molecule has 0 aromatic rings. The standard InChI is InChI=1S/C34H62O3Si2/c1-13-28-31-27(30(37-39(11,12)33(6,7)8)23-22-29(31)34(28,35)14-2)21-20-26(24-25-18-16-15-17-19-25)36-38(9,10)32(3,4)5/h14,25-31,35H,2,13,15-19,22-24H2,1,3-12H3/t26-,27-,28?,29-,30+,31-,34?/m1/s1. The lowest BCUT2D eigenvalue weighted by Crippen LogP contribution is -2.67. The van der Waals surface area contributed by atoms with E-state index in [4.69, 9.17) is 8.85 Å². The Morgan fingerprint density at radius 3 is 2.05 bits per heavy atom. The summed E-state index contributed by atoms with van der Waals surface area (Å²) in [5.74, 6) is 9.30. The summed E-state index contributed by atoms with van der Waals surface area (Å²) in [4.78, 5) is 0. The minimum atomic E-state index is -1.97. The molecule has 3 rings (SSSR count). The summed E-state index contributed by atoms with van der Waals surface area (Å²) < 4.78 is 14.2. The summed E-state index contributed by atoms with van der Waals surface area (Å²) in [7, 11) is -3.93. The number of rotatable bonds is 8. The molecule has 1 N–H and O–H groups in total. The molecule has 0 radical (unpaired) electrons. The van der Waals surface area contributed by atoms with Crippen LogP contribution in [0.15, 0.2) is 12.7 Å². The van der Waals surface area contributed by atoms with Gasteiger partial charge in [-0.1, -0.05) is 98.5 Å². The van der Waals surface area contributed by atoms with Gasteiger partial charge >= 0.3 is 0 Å². The number of hydrogen-bond acceptors (Lipinski definition) is 3. The van der Waals surface area contributed by atoms with Crippen LogP contribution in [0.4, 0.5) is 0 Å². The lowest BCUT2D eigenvalue weighted by Gasteiger charge is -2.63. The first-order valence-corrected chi connectivity index (χ1v) is 21.9. The Bertz CT molecular complexity index is 888. The molecule has 0 heterocycles. The van der Waals surface area contributed by atoms with Gasteiger partial charge in [-0.25, -0.2) is 0 Å². The lowest BCUT2D eigenvalue weighted by atomic mass is 9.45. The lowest BCUT2D eigenvalue weighted by molar-refractivity contribution is -0.206. The molecule has 224 valence electrons. The summed E-state index contributed by atoms with van der Waals surface area (Å²) >= 11 is 0. The third-order valence-electron chi connectivity index (χ3n) is 11.6. The van der Waals surface area contributed by atoms with Crippen LogP contribution in [-0.2, 0) is 8.85 Å². The van der Waals surface area contributed by atoms with Gasteiger partial charge in [0, 0.05) is 5.92 Å². The fraction of sp³-hybridized carbons (Fsp3) is 0.882. The molecule has 39 heavy (non-hydrogen) atoms. The number of aliphatic hydroxyl groups is 1. The molecule has 0 amide bonds. The molecule has 0 saturated heterocycles. The second-order valence-corrected chi connectivity index (χ2v) is 25.7. The van der Waals surface area contributed by atoms with Crippen molar-refractivity contribution in [1.29, 1.82) is 0 Å². The van der Waals surface area contributed by atoms with Crippen LogP contribution in [0.2, 0.25) is 36.3 Å². The molecule has 0 spiro atoms. The highest BCUT2D eigenvalue weighted by atomic mass is 28.4. The van der Waals surface area contributed by atoms with Gasteiger partial charge in [0.1, 0.15) is 6.10 Å². The Morgan fingerprint density at radius 2 is 1.54 bits per heavy atom. The maximum Gasteiger partial charge on any atom is 0.193 e. The summed E-state index contributed by atoms with van der Waals surface area (Å²) in [6, 6.07) is 0. The van der Waals surface area contributed by atoms with Gasteiger partial charge in [-0.2, -0.15) is 0 Å². The molecule has 3 fully saturated rings. The highest BCUT2D eigenvalue weighted by Crippen LogP contribution is 2.60. The SMILES string of the molecule is C=CC1(O)C(CC)[C@H]2[C@H](C#C[C@H](CC3CCCCC3)O[Si](C)(C)C(C)(C)C)[C@@H](O[Si](C)(C)C(C)(C)C)CC[C@H]21. The minimum Gasteiger partial charge on any atom is -0.413 e. The first kappa shape index (κ1) is 33.1. The zero-order chi connectivity index (χ0) is 29.4. The summed E-state index contributed by atoms with van der Waals surface area (Å²) in [6.07, 6.45) is 12.6. The molecule has 0 aromatic heterocycles. The Balaban J connectivity index is 1.97. The maximum atomic E-state index is 11.6. The van der Waals surface area contributed by atoms with Crippen molar-refractivity contribution in [2.45, 2.75) is 160 Å². The van der Waals surface area contributed by atoms with Crippen molar-refractivity contribution in [3.63, 3.8) is 0 Å². The van der Waals surface area contributed by atoms with Crippen LogP contribution in [0.5, 0.6) is 0 Å². The largest absolute Gasteiger partial charge is 0.413 e. The summed E-state index contributed by atoms with van der Waals surface area (Å²) in [5, 5.41) is 11.9. The third-order valence-corrected chi connectivity index (χ3v) is 20.6. The van der Waals surface area contributed by atoms with Crippen molar-refractivity contribution in [2.75, 3.05) is 0 Å². The van der Waals surface area contributed by atoms with E-state index in [0.717, 1.165) is 31.6 Å². The van der Waals surface area contributed by atoms with Gasteiger partial charge < -0.3 is 14.0 Å². The molecule has 5 heteroatoms. The van der Waals surface area contributed by atoms with E-state index in [-0.39, 0.29) is 40.0 Å². The van der Waals surface area contributed by atoms with E-state index < -0.39 is 22.2 Å². The van der Waals surface area contributed by atoms with Crippen LogP contribution in [0, 0.1) is 41.4 Å². The normalized spacial score (nSPS) is 33.4. The first-order chi connectivity index (χ1) is 17.9. The van der Waals surface area contributed by atoms with Crippen LogP contribution in [0.3, 0.4) is 0 Å². The first-order valence-electron chi connectivity index (χ1n) is 16.1. The molecular formula is C34H62O3Si2. The smallest absolute Gasteiger partial charge is 0.193 e. The molecule has 2 unspecified atom stereocenters. The van der Waals surface area contributed by atoms with Gasteiger partial charge in [-0.15, -0.1) is 6.58 Å². The summed E-state index contributed by atoms with van der Waals surface area (Å²) in [6.45, 7) is 29.7. The number of fused-ring (bicyclic) bond motifs is 1. The average molecular weight is 575 g/mol. The third kappa shape index (κ3) is 6.99. The van der Waals surface area contributed by atoms with Crippen molar-refractivity contribution < 1.29 is 14.0 Å². The fourth-order valence-electron chi connectivity index (χ4n) is 7.11. The highest BCUT2D eigenvalue weighted by Gasteiger charge is 2.63. The Kier molecular flexibility index (Phi) is 10.3. The van der Waals surface area contributed by atoms with E-state index in [1.807, 2.05) is 6.08 Å². The van der Waals surface area contributed by atoms with Crippen molar-refractivity contribution >= 4 is 16.6 Å². The molecule has 3 nitrogen and oxygen atoms in total. The van der Waals surface area contributed by atoms with Gasteiger partial charge in [0.2, 0.25) is 0 Å². The van der Waals surface area contributed by atoms with Crippen LogP contribution >= 0.6 is 0 Å². The van der Waals surface area contributed by atoms with Crippen molar-refractivity contribution in [2.24, 2.45) is 29.6 Å².